The van der Waals surface area contributed by atoms with Gasteiger partial charge in [-0.1, -0.05) is 53.0 Å². The third kappa shape index (κ3) is 5.66. The minimum atomic E-state index is -0.192. The molecule has 2 rings (SSSR count). The molecule has 0 atom stereocenters. The maximum atomic E-state index is 11.9. The second-order valence-electron chi connectivity index (χ2n) is 4.72. The Hall–Kier alpha value is -1.33. The zero-order valence-corrected chi connectivity index (χ0v) is 15.0. The van der Waals surface area contributed by atoms with Crippen molar-refractivity contribution >= 4 is 63.7 Å². The van der Waals surface area contributed by atoms with Gasteiger partial charge in [-0.05, 0) is 48.5 Å². The van der Waals surface area contributed by atoms with E-state index in [0.29, 0.717) is 27.2 Å². The number of aryl methyl sites for hydroxylation is 1. The highest BCUT2D eigenvalue weighted by Crippen LogP contribution is 2.24. The lowest BCUT2D eigenvalue weighted by atomic mass is 10.1. The van der Waals surface area contributed by atoms with Crippen molar-refractivity contribution in [3.63, 3.8) is 0 Å². The fraction of sp³-hybridized carbons (Fsp3) is 0.125. The summed E-state index contributed by atoms with van der Waals surface area (Å²) in [4.78, 5) is 11.9. The average molecular weight is 388 g/mol. The number of amides is 1. The fourth-order valence-corrected chi connectivity index (χ4v) is 2.63. The first-order valence-corrected chi connectivity index (χ1v) is 8.29. The summed E-state index contributed by atoms with van der Waals surface area (Å²) < 4.78 is 0. The predicted molar refractivity (Wildman–Crippen MR) is 101 cm³/mol. The van der Waals surface area contributed by atoms with Crippen molar-refractivity contribution in [3.8, 4) is 0 Å². The van der Waals surface area contributed by atoms with Crippen LogP contribution in [0.3, 0.4) is 0 Å². The van der Waals surface area contributed by atoms with Crippen LogP contribution >= 0.6 is 47.0 Å². The van der Waals surface area contributed by atoms with Crippen molar-refractivity contribution in [2.75, 3.05) is 5.32 Å². The van der Waals surface area contributed by atoms with Gasteiger partial charge in [-0.15, -0.1) is 0 Å². The molecule has 0 heterocycles. The zero-order valence-electron chi connectivity index (χ0n) is 11.9. The highest BCUT2D eigenvalue weighted by molar-refractivity contribution is 7.80. The van der Waals surface area contributed by atoms with Gasteiger partial charge >= 0.3 is 0 Å². The predicted octanol–water partition coefficient (Wildman–Crippen LogP) is 5.09. The van der Waals surface area contributed by atoms with Crippen molar-refractivity contribution in [3.05, 3.63) is 63.1 Å². The number of hydrogen-bond donors (Lipinski definition) is 2. The normalized spacial score (nSPS) is 10.2. The van der Waals surface area contributed by atoms with E-state index in [1.54, 1.807) is 24.3 Å². The van der Waals surface area contributed by atoms with Crippen molar-refractivity contribution in [2.24, 2.45) is 0 Å². The molecule has 2 aromatic carbocycles. The van der Waals surface area contributed by atoms with Gasteiger partial charge in [-0.2, -0.15) is 0 Å². The lowest BCUT2D eigenvalue weighted by molar-refractivity contribution is -0.119. The van der Waals surface area contributed by atoms with Crippen molar-refractivity contribution < 1.29 is 4.79 Å². The topological polar surface area (TPSA) is 41.1 Å². The number of hydrogen-bond acceptors (Lipinski definition) is 2. The molecule has 0 aromatic heterocycles. The molecule has 0 aliphatic carbocycles. The van der Waals surface area contributed by atoms with E-state index in [2.05, 4.69) is 10.6 Å². The maximum absolute atomic E-state index is 11.9. The van der Waals surface area contributed by atoms with E-state index >= 15 is 0 Å². The second kappa shape index (κ2) is 8.50. The van der Waals surface area contributed by atoms with Crippen LogP contribution < -0.4 is 10.6 Å². The molecule has 23 heavy (non-hydrogen) atoms. The van der Waals surface area contributed by atoms with Gasteiger partial charge in [-0.25, -0.2) is 0 Å². The Balaban J connectivity index is 1.84. The highest BCUT2D eigenvalue weighted by Gasteiger charge is 2.08. The van der Waals surface area contributed by atoms with Crippen LogP contribution in [0.15, 0.2) is 42.5 Å². The Morgan fingerprint density at radius 3 is 2.43 bits per heavy atom. The summed E-state index contributed by atoms with van der Waals surface area (Å²) in [6.07, 6.45) is 0.827. The molecule has 0 aliphatic heterocycles. The third-order valence-electron chi connectivity index (χ3n) is 3.01. The first-order chi connectivity index (χ1) is 11.0. The van der Waals surface area contributed by atoms with E-state index in [0.717, 1.165) is 5.56 Å². The van der Waals surface area contributed by atoms with Crippen LogP contribution in [0.25, 0.3) is 0 Å². The van der Waals surface area contributed by atoms with Crippen LogP contribution in [0.2, 0.25) is 15.1 Å². The molecule has 0 aliphatic rings. The number of thiocarbonyl (C=S) groups is 1. The van der Waals surface area contributed by atoms with Crippen LogP contribution in [0.1, 0.15) is 12.0 Å². The summed E-state index contributed by atoms with van der Waals surface area (Å²) in [7, 11) is 0. The number of carbonyl (C=O) groups is 1. The van der Waals surface area contributed by atoms with Crippen LogP contribution in [-0.4, -0.2) is 11.0 Å². The number of carbonyl (C=O) groups excluding carboxylic acids is 1. The van der Waals surface area contributed by atoms with Gasteiger partial charge in [-0.3, -0.25) is 4.79 Å². The van der Waals surface area contributed by atoms with E-state index in [1.165, 1.54) is 0 Å². The quantitative estimate of drug-likeness (QED) is 0.718. The maximum Gasteiger partial charge on any atom is 0.226 e. The van der Waals surface area contributed by atoms with E-state index in [9.17, 15) is 4.79 Å². The smallest absolute Gasteiger partial charge is 0.226 e. The molecule has 120 valence electrons. The number of halogens is 3. The van der Waals surface area contributed by atoms with E-state index in [4.69, 9.17) is 47.0 Å². The summed E-state index contributed by atoms with van der Waals surface area (Å²) in [5, 5.41) is 7.20. The van der Waals surface area contributed by atoms with Crippen molar-refractivity contribution in [2.45, 2.75) is 12.8 Å². The van der Waals surface area contributed by atoms with Gasteiger partial charge < -0.3 is 10.6 Å². The molecule has 2 N–H and O–H groups in total. The number of benzene rings is 2. The molecule has 0 unspecified atom stereocenters. The minimum Gasteiger partial charge on any atom is -0.332 e. The summed E-state index contributed by atoms with van der Waals surface area (Å²) in [5.41, 5.74) is 1.57. The second-order valence-corrected chi connectivity index (χ2v) is 6.35. The molecule has 1 amide bonds. The SMILES string of the molecule is O=C(CCc1ccccc1Cl)NC(=S)Nc1ccc(Cl)c(Cl)c1. The molecule has 0 saturated carbocycles. The summed E-state index contributed by atoms with van der Waals surface area (Å²) in [6.45, 7) is 0. The Kier molecular flexibility index (Phi) is 6.66. The van der Waals surface area contributed by atoms with Gasteiger partial charge in [0.15, 0.2) is 5.11 Å². The van der Waals surface area contributed by atoms with Crippen LogP contribution in [0.5, 0.6) is 0 Å². The van der Waals surface area contributed by atoms with Crippen molar-refractivity contribution in [1.82, 2.24) is 5.32 Å². The Labute approximate surface area is 154 Å². The first kappa shape index (κ1) is 18.0. The molecule has 3 nitrogen and oxygen atoms in total. The lowest BCUT2D eigenvalue weighted by Crippen LogP contribution is -2.34. The molecule has 0 bridgehead atoms. The number of anilines is 1. The van der Waals surface area contributed by atoms with E-state index in [1.807, 2.05) is 18.2 Å². The summed E-state index contributed by atoms with van der Waals surface area (Å²) >= 11 is 22.9. The minimum absolute atomic E-state index is 0.192. The van der Waals surface area contributed by atoms with Gasteiger partial charge in [0, 0.05) is 17.1 Å². The number of nitrogens with one attached hydrogen (secondary N) is 2. The molecule has 2 aromatic rings. The molecular weight excluding hydrogens is 375 g/mol. The Bertz CT molecular complexity index is 737. The number of rotatable bonds is 4. The van der Waals surface area contributed by atoms with Crippen LogP contribution in [0, 0.1) is 0 Å². The lowest BCUT2D eigenvalue weighted by Gasteiger charge is -2.10. The van der Waals surface area contributed by atoms with Gasteiger partial charge in [0.1, 0.15) is 0 Å². The van der Waals surface area contributed by atoms with Gasteiger partial charge in [0.05, 0.1) is 10.0 Å². The van der Waals surface area contributed by atoms with Gasteiger partial charge in [0.25, 0.3) is 0 Å². The average Bonchev–Trinajstić information content (AvgIpc) is 2.50. The van der Waals surface area contributed by atoms with E-state index < -0.39 is 0 Å². The Morgan fingerprint density at radius 1 is 1.00 bits per heavy atom. The van der Waals surface area contributed by atoms with Crippen LogP contribution in [-0.2, 0) is 11.2 Å². The molecule has 0 fully saturated rings. The van der Waals surface area contributed by atoms with Gasteiger partial charge in [0.2, 0.25) is 5.91 Å². The standard InChI is InChI=1S/C16H13Cl3N2OS/c17-12-4-2-1-3-10(12)5-8-15(22)21-16(23)20-11-6-7-13(18)14(19)9-11/h1-4,6-7,9H,5,8H2,(H2,20,21,22,23). The highest BCUT2D eigenvalue weighted by atomic mass is 35.5. The first-order valence-electron chi connectivity index (χ1n) is 6.75. The molecule has 0 saturated heterocycles. The molecule has 7 heteroatoms. The summed E-state index contributed by atoms with van der Waals surface area (Å²) in [6, 6.07) is 12.4. The third-order valence-corrected chi connectivity index (χ3v) is 4.32. The molecule has 0 radical (unpaired) electrons. The Morgan fingerprint density at radius 2 is 1.74 bits per heavy atom. The van der Waals surface area contributed by atoms with E-state index in [-0.39, 0.29) is 17.4 Å². The molecular formula is C16H13Cl3N2OS. The fourth-order valence-electron chi connectivity index (χ4n) is 1.87. The largest absolute Gasteiger partial charge is 0.332 e. The molecule has 0 spiro atoms. The summed E-state index contributed by atoms with van der Waals surface area (Å²) in [5.74, 6) is -0.192. The monoisotopic (exact) mass is 386 g/mol. The van der Waals surface area contributed by atoms with Crippen LogP contribution in [0.4, 0.5) is 5.69 Å². The zero-order chi connectivity index (χ0) is 16.8. The van der Waals surface area contributed by atoms with Crippen molar-refractivity contribution in [1.29, 1.82) is 0 Å².